The highest BCUT2D eigenvalue weighted by Gasteiger charge is 2.12. The van der Waals surface area contributed by atoms with Crippen LogP contribution < -0.4 is 15.0 Å². The smallest absolute Gasteiger partial charge is 0.181 e. The second-order valence-electron chi connectivity index (χ2n) is 3.55. The van der Waals surface area contributed by atoms with E-state index in [4.69, 9.17) is 38.8 Å². The summed E-state index contributed by atoms with van der Waals surface area (Å²) in [6.07, 6.45) is 11.7. The highest BCUT2D eigenvalue weighted by molar-refractivity contribution is 6.32. The first-order valence-electron chi connectivity index (χ1n) is 6.08. The average molecular weight is 307 g/mol. The van der Waals surface area contributed by atoms with E-state index in [0.717, 1.165) is 0 Å². The van der Waals surface area contributed by atoms with Gasteiger partial charge in [-0.1, -0.05) is 23.4 Å². The zero-order valence-electron chi connectivity index (χ0n) is 11.6. The van der Waals surface area contributed by atoms with Crippen LogP contribution in [0, 0.1) is 24.7 Å². The third-order valence-electron chi connectivity index (χ3n) is 2.10. The molecule has 0 aliphatic carbocycles. The van der Waals surface area contributed by atoms with Crippen molar-refractivity contribution in [3.8, 4) is 36.2 Å². The summed E-state index contributed by atoms with van der Waals surface area (Å²) in [5.74, 6) is 5.43. The molecule has 0 unspecified atom stereocenters. The fourth-order valence-corrected chi connectivity index (χ4v) is 1.59. The molecule has 1 N–H and O–H groups in total. The number of hydrogen-bond acceptors (Lipinski definition) is 4. The van der Waals surface area contributed by atoms with Crippen molar-refractivity contribution >= 4 is 23.6 Å². The Labute approximate surface area is 129 Å². The van der Waals surface area contributed by atoms with E-state index in [1.807, 2.05) is 6.92 Å². The third kappa shape index (κ3) is 5.66. The number of benzene rings is 1. The molecule has 0 bridgehead atoms. The van der Waals surface area contributed by atoms with Gasteiger partial charge in [0.2, 0.25) is 0 Å². The standard InChI is InChI=1S/C15H15ClN2O3/c1-4-7-19-14-10-12(17-11-18-21-6-3)9-13(16)15(14)20-8-5-2/h1-2,9-11H,6-8H2,3H3,(H,17,18). The minimum atomic E-state index is 0.0701. The van der Waals surface area contributed by atoms with Crippen LogP contribution in [0.25, 0.3) is 0 Å². The summed E-state index contributed by atoms with van der Waals surface area (Å²) < 4.78 is 10.8. The number of hydroxylamine groups is 1. The number of ether oxygens (including phenoxy) is 2. The molecule has 1 aromatic carbocycles. The van der Waals surface area contributed by atoms with Gasteiger partial charge in [0, 0.05) is 6.07 Å². The van der Waals surface area contributed by atoms with Gasteiger partial charge >= 0.3 is 0 Å². The van der Waals surface area contributed by atoms with Gasteiger partial charge in [0.1, 0.15) is 19.6 Å². The first kappa shape index (κ1) is 16.7. The van der Waals surface area contributed by atoms with Crippen LogP contribution >= 0.6 is 11.6 Å². The predicted molar refractivity (Wildman–Crippen MR) is 83.0 cm³/mol. The molecule has 0 saturated carbocycles. The van der Waals surface area contributed by atoms with Crippen molar-refractivity contribution in [2.75, 3.05) is 19.8 Å². The van der Waals surface area contributed by atoms with Crippen LogP contribution in [0.4, 0.5) is 5.69 Å². The number of nitrogens with one attached hydrogen (secondary N) is 1. The summed E-state index contributed by atoms with van der Waals surface area (Å²) in [6, 6.07) is 3.25. The SMILES string of the molecule is C#CCOc1cc(N=CNOCC)cc(Cl)c1OCC#C. The minimum absolute atomic E-state index is 0.0701. The largest absolute Gasteiger partial charge is 0.477 e. The predicted octanol–water partition coefficient (Wildman–Crippen LogP) is 2.56. The molecule has 0 aliphatic heterocycles. The highest BCUT2D eigenvalue weighted by atomic mass is 35.5. The van der Waals surface area contributed by atoms with E-state index in [2.05, 4.69) is 22.3 Å². The van der Waals surface area contributed by atoms with Crippen molar-refractivity contribution < 1.29 is 14.3 Å². The van der Waals surface area contributed by atoms with E-state index in [1.165, 1.54) is 6.34 Å². The van der Waals surface area contributed by atoms with Crippen molar-refractivity contribution in [2.45, 2.75) is 6.92 Å². The maximum Gasteiger partial charge on any atom is 0.181 e. The van der Waals surface area contributed by atoms with Gasteiger partial charge in [0.15, 0.2) is 11.5 Å². The fraction of sp³-hybridized carbons (Fsp3) is 0.267. The molecule has 0 amide bonds. The lowest BCUT2D eigenvalue weighted by molar-refractivity contribution is 0.100. The quantitative estimate of drug-likeness (QED) is 0.264. The zero-order chi connectivity index (χ0) is 15.5. The molecule has 0 fully saturated rings. The molecule has 0 spiro atoms. The third-order valence-corrected chi connectivity index (χ3v) is 2.38. The molecule has 1 rings (SSSR count). The van der Waals surface area contributed by atoms with Crippen molar-refractivity contribution in [1.29, 1.82) is 0 Å². The molecule has 5 nitrogen and oxygen atoms in total. The average Bonchev–Trinajstić information content (AvgIpc) is 2.48. The topological polar surface area (TPSA) is 52.1 Å². The molecule has 6 heteroatoms. The lowest BCUT2D eigenvalue weighted by atomic mass is 10.2. The number of rotatable bonds is 8. The van der Waals surface area contributed by atoms with Gasteiger partial charge in [-0.05, 0) is 13.0 Å². The first-order valence-corrected chi connectivity index (χ1v) is 6.46. The first-order chi connectivity index (χ1) is 10.2. The van der Waals surface area contributed by atoms with Gasteiger partial charge < -0.3 is 9.47 Å². The normalized spacial score (nSPS) is 9.90. The summed E-state index contributed by atoms with van der Waals surface area (Å²) >= 11 is 6.14. The van der Waals surface area contributed by atoms with Gasteiger partial charge in [0.25, 0.3) is 0 Å². The number of halogens is 1. The number of nitrogens with zero attached hydrogens (tertiary/aromatic N) is 1. The molecular weight excluding hydrogens is 292 g/mol. The van der Waals surface area contributed by atoms with Crippen molar-refractivity contribution in [3.63, 3.8) is 0 Å². The van der Waals surface area contributed by atoms with Crippen molar-refractivity contribution in [1.82, 2.24) is 5.48 Å². The van der Waals surface area contributed by atoms with E-state index in [-0.39, 0.29) is 13.2 Å². The molecule has 0 heterocycles. The van der Waals surface area contributed by atoms with E-state index >= 15 is 0 Å². The Morgan fingerprint density at radius 1 is 1.29 bits per heavy atom. The van der Waals surface area contributed by atoms with Crippen LogP contribution in [0.2, 0.25) is 5.02 Å². The minimum Gasteiger partial charge on any atom is -0.477 e. The summed E-state index contributed by atoms with van der Waals surface area (Å²) in [6.45, 7) is 2.51. The molecule has 21 heavy (non-hydrogen) atoms. The molecule has 110 valence electrons. The monoisotopic (exact) mass is 306 g/mol. The maximum atomic E-state index is 6.14. The molecular formula is C15H15ClN2O3. The van der Waals surface area contributed by atoms with E-state index in [9.17, 15) is 0 Å². The second-order valence-corrected chi connectivity index (χ2v) is 3.96. The Morgan fingerprint density at radius 3 is 2.67 bits per heavy atom. The Balaban J connectivity index is 2.97. The van der Waals surface area contributed by atoms with Gasteiger partial charge in [-0.2, -0.15) is 0 Å². The lowest BCUT2D eigenvalue weighted by Crippen LogP contribution is -2.10. The van der Waals surface area contributed by atoms with Crippen LogP contribution in [-0.2, 0) is 4.84 Å². The van der Waals surface area contributed by atoms with Gasteiger partial charge in [-0.15, -0.1) is 12.8 Å². The molecule has 0 saturated heterocycles. The van der Waals surface area contributed by atoms with Crippen LogP contribution in [0.1, 0.15) is 6.92 Å². The van der Waals surface area contributed by atoms with E-state index in [1.54, 1.807) is 12.1 Å². The fourth-order valence-electron chi connectivity index (χ4n) is 1.33. The Kier molecular flexibility index (Phi) is 7.60. The summed E-state index contributed by atoms with van der Waals surface area (Å²) in [5.41, 5.74) is 3.10. The van der Waals surface area contributed by atoms with E-state index in [0.29, 0.717) is 28.8 Å². The highest BCUT2D eigenvalue weighted by Crippen LogP contribution is 2.39. The van der Waals surface area contributed by atoms with Crippen LogP contribution in [0.5, 0.6) is 11.5 Å². The molecule has 0 aliphatic rings. The van der Waals surface area contributed by atoms with Gasteiger partial charge in [-0.25, -0.2) is 4.99 Å². The summed E-state index contributed by atoms with van der Waals surface area (Å²) in [7, 11) is 0. The van der Waals surface area contributed by atoms with Gasteiger partial charge in [-0.3, -0.25) is 10.3 Å². The summed E-state index contributed by atoms with van der Waals surface area (Å²) in [4.78, 5) is 9.04. The Hall–Kier alpha value is -2.34. The summed E-state index contributed by atoms with van der Waals surface area (Å²) in [5, 5.41) is 0.323. The van der Waals surface area contributed by atoms with Crippen molar-refractivity contribution in [3.05, 3.63) is 17.2 Å². The molecule has 0 aromatic heterocycles. The number of aliphatic imine (C=N–C) groups is 1. The number of hydrogen-bond donors (Lipinski definition) is 1. The Morgan fingerprint density at radius 2 is 2.00 bits per heavy atom. The molecule has 0 radical (unpaired) electrons. The van der Waals surface area contributed by atoms with Gasteiger partial charge in [0.05, 0.1) is 17.3 Å². The number of terminal acetylenes is 2. The van der Waals surface area contributed by atoms with Crippen molar-refractivity contribution in [2.24, 2.45) is 4.99 Å². The van der Waals surface area contributed by atoms with Crippen LogP contribution in [0.15, 0.2) is 17.1 Å². The lowest BCUT2D eigenvalue weighted by Gasteiger charge is -2.12. The van der Waals surface area contributed by atoms with Crippen LogP contribution in [0.3, 0.4) is 0 Å². The molecule has 0 atom stereocenters. The molecule has 1 aromatic rings. The second kappa shape index (κ2) is 9.55. The Bertz CT molecular complexity index is 574. The maximum absolute atomic E-state index is 6.14. The van der Waals surface area contributed by atoms with E-state index < -0.39 is 0 Å². The zero-order valence-corrected chi connectivity index (χ0v) is 12.3. The van der Waals surface area contributed by atoms with Crippen LogP contribution in [-0.4, -0.2) is 26.2 Å².